The summed E-state index contributed by atoms with van der Waals surface area (Å²) in [5, 5.41) is 28.6. The average Bonchev–Trinajstić information content (AvgIpc) is 3.67. The van der Waals surface area contributed by atoms with Crippen LogP contribution in [0.15, 0.2) is 66.7 Å². The number of alkyl carbamates (subject to hydrolysis) is 1. The first-order valence-corrected chi connectivity index (χ1v) is 20.0. The second kappa shape index (κ2) is 18.9. The van der Waals surface area contributed by atoms with Gasteiger partial charge >= 0.3 is 6.09 Å². The number of tetrazole rings is 1. The quantitative estimate of drug-likeness (QED) is 0.111. The molecule has 1 saturated carbocycles. The number of carbonyl (C=O) groups is 5. The number of H-pyrrole nitrogens is 1. The van der Waals surface area contributed by atoms with Gasteiger partial charge in [0.1, 0.15) is 17.7 Å². The molecule has 5 amide bonds. The molecular formula is C43H53N9O6. The molecule has 6 rings (SSSR count). The third kappa shape index (κ3) is 11.5. The number of ether oxygens (including phenoxy) is 1. The highest BCUT2D eigenvalue weighted by molar-refractivity contribution is 5.99. The maximum Gasteiger partial charge on any atom is 0.407 e. The van der Waals surface area contributed by atoms with Crippen molar-refractivity contribution in [2.45, 2.75) is 96.7 Å². The highest BCUT2D eigenvalue weighted by atomic mass is 16.6. The standard InChI is InChI=1S/C43H53N9O6/c1-26-23-32(39(54)47-35-7-5-6-22-44-40(35)55)18-21-34(26)29-12-8-27(9-13-29)24-36(41(56)46-33-19-16-30(17-20-33)37-49-51-52-50-37)48-38(53)31-14-10-28(11-15-31)25-45-42(57)58-43(2,3)4/h8-9,12-13,16-21,23,28,31,35-36H,5-7,10-11,14-15,22,24-25H2,1-4H3,(H,44,55)(H,45,57)(H,46,56)(H,47,54)(H,48,53)(H,49,50,51,52). The van der Waals surface area contributed by atoms with Crippen LogP contribution in [0.2, 0.25) is 0 Å². The summed E-state index contributed by atoms with van der Waals surface area (Å²) < 4.78 is 5.36. The minimum Gasteiger partial charge on any atom is -0.444 e. The average molecular weight is 792 g/mol. The van der Waals surface area contributed by atoms with E-state index in [2.05, 4.69) is 47.2 Å². The largest absolute Gasteiger partial charge is 0.444 e. The van der Waals surface area contributed by atoms with E-state index in [4.69, 9.17) is 4.74 Å². The summed E-state index contributed by atoms with van der Waals surface area (Å²) in [6.07, 6.45) is 4.99. The molecule has 6 N–H and O–H groups in total. The maximum atomic E-state index is 13.9. The van der Waals surface area contributed by atoms with Crippen molar-refractivity contribution in [1.82, 2.24) is 41.9 Å². The SMILES string of the molecule is Cc1cc(C(=O)NC2CCCCNC2=O)ccc1-c1ccc(CC(NC(=O)C2CCC(CNC(=O)OC(C)(C)C)CC2)C(=O)Nc2ccc(-c3nn[nH]n3)cc2)cc1. The number of rotatable bonds is 12. The number of aromatic amines is 1. The van der Waals surface area contributed by atoms with E-state index in [1.165, 1.54) is 0 Å². The number of benzene rings is 3. The molecule has 2 aliphatic rings. The zero-order chi connectivity index (χ0) is 41.2. The lowest BCUT2D eigenvalue weighted by atomic mass is 9.81. The van der Waals surface area contributed by atoms with Gasteiger partial charge in [-0.1, -0.05) is 30.3 Å². The molecule has 2 heterocycles. The molecule has 4 aromatic rings. The summed E-state index contributed by atoms with van der Waals surface area (Å²) in [4.78, 5) is 65.1. The fourth-order valence-corrected chi connectivity index (χ4v) is 7.39. The normalized spacial score (nSPS) is 18.8. The van der Waals surface area contributed by atoms with Gasteiger partial charge in [-0.2, -0.15) is 5.21 Å². The Bertz CT molecular complexity index is 2050. The van der Waals surface area contributed by atoms with E-state index in [1.807, 2.05) is 64.1 Å². The van der Waals surface area contributed by atoms with Crippen LogP contribution in [-0.4, -0.2) is 81.1 Å². The zero-order valence-electron chi connectivity index (χ0n) is 33.5. The van der Waals surface area contributed by atoms with Gasteiger partial charge < -0.3 is 31.3 Å². The molecule has 0 radical (unpaired) electrons. The van der Waals surface area contributed by atoms with Crippen LogP contribution in [0, 0.1) is 18.8 Å². The van der Waals surface area contributed by atoms with Crippen molar-refractivity contribution in [3.63, 3.8) is 0 Å². The van der Waals surface area contributed by atoms with Crippen molar-refractivity contribution in [1.29, 1.82) is 0 Å². The van der Waals surface area contributed by atoms with E-state index in [0.29, 0.717) is 49.4 Å². The predicted octanol–water partition coefficient (Wildman–Crippen LogP) is 5.24. The maximum absolute atomic E-state index is 13.9. The van der Waals surface area contributed by atoms with Gasteiger partial charge in [-0.05, 0) is 142 Å². The Morgan fingerprint density at radius 2 is 1.62 bits per heavy atom. The van der Waals surface area contributed by atoms with Crippen LogP contribution in [0.4, 0.5) is 10.5 Å². The number of aromatic nitrogens is 4. The van der Waals surface area contributed by atoms with Gasteiger partial charge in [-0.15, -0.1) is 10.2 Å². The molecule has 1 aromatic heterocycles. The summed E-state index contributed by atoms with van der Waals surface area (Å²) >= 11 is 0. The summed E-state index contributed by atoms with van der Waals surface area (Å²) in [6, 6.07) is 18.9. The molecule has 58 heavy (non-hydrogen) atoms. The molecule has 1 aliphatic carbocycles. The van der Waals surface area contributed by atoms with Gasteiger partial charge in [0, 0.05) is 42.2 Å². The molecule has 0 bridgehead atoms. The van der Waals surface area contributed by atoms with Gasteiger partial charge in [0.05, 0.1) is 0 Å². The van der Waals surface area contributed by atoms with Crippen LogP contribution < -0.4 is 26.6 Å². The van der Waals surface area contributed by atoms with Crippen LogP contribution in [0.3, 0.4) is 0 Å². The molecule has 0 spiro atoms. The van der Waals surface area contributed by atoms with Crippen molar-refractivity contribution < 1.29 is 28.7 Å². The number of nitrogens with one attached hydrogen (secondary N) is 6. The first-order valence-electron chi connectivity index (χ1n) is 20.0. The molecule has 2 fully saturated rings. The van der Waals surface area contributed by atoms with Crippen molar-refractivity contribution in [2.75, 3.05) is 18.4 Å². The molecule has 2 unspecified atom stereocenters. The smallest absolute Gasteiger partial charge is 0.407 e. The van der Waals surface area contributed by atoms with Crippen molar-refractivity contribution >= 4 is 35.4 Å². The monoisotopic (exact) mass is 791 g/mol. The number of hydrogen-bond acceptors (Lipinski definition) is 9. The molecule has 15 heteroatoms. The third-order valence-electron chi connectivity index (χ3n) is 10.6. The van der Waals surface area contributed by atoms with E-state index < -0.39 is 23.8 Å². The van der Waals surface area contributed by atoms with Crippen molar-refractivity contribution in [3.05, 3.63) is 83.4 Å². The Morgan fingerprint density at radius 1 is 0.897 bits per heavy atom. The number of nitrogens with zero attached hydrogens (tertiary/aromatic N) is 3. The van der Waals surface area contributed by atoms with E-state index in [0.717, 1.165) is 53.5 Å². The summed E-state index contributed by atoms with van der Waals surface area (Å²) in [5.41, 5.74) is 4.81. The Kier molecular flexibility index (Phi) is 13.5. The van der Waals surface area contributed by atoms with Gasteiger partial charge in [0.25, 0.3) is 5.91 Å². The Hall–Kier alpha value is -6.12. The minimum absolute atomic E-state index is 0.150. The first kappa shape index (κ1) is 41.5. The fourth-order valence-electron chi connectivity index (χ4n) is 7.39. The van der Waals surface area contributed by atoms with E-state index in [-0.39, 0.29) is 41.9 Å². The Labute approximate surface area is 338 Å². The number of aryl methyl sites for hydroxylation is 1. The van der Waals surface area contributed by atoms with Gasteiger partial charge in [0.2, 0.25) is 23.5 Å². The molecule has 306 valence electrons. The van der Waals surface area contributed by atoms with Crippen LogP contribution in [0.5, 0.6) is 0 Å². The molecule has 1 aliphatic heterocycles. The minimum atomic E-state index is -0.864. The van der Waals surface area contributed by atoms with Gasteiger partial charge in [-0.25, -0.2) is 4.79 Å². The fraction of sp³-hybridized carbons (Fsp3) is 0.442. The van der Waals surface area contributed by atoms with Gasteiger partial charge in [-0.3, -0.25) is 19.2 Å². The Balaban J connectivity index is 1.10. The second-order valence-electron chi connectivity index (χ2n) is 16.2. The van der Waals surface area contributed by atoms with E-state index >= 15 is 0 Å². The predicted molar refractivity (Wildman–Crippen MR) is 218 cm³/mol. The topological polar surface area (TPSA) is 209 Å². The third-order valence-corrected chi connectivity index (χ3v) is 10.6. The zero-order valence-corrected chi connectivity index (χ0v) is 33.5. The van der Waals surface area contributed by atoms with Gasteiger partial charge in [0.15, 0.2) is 0 Å². The highest BCUT2D eigenvalue weighted by Crippen LogP contribution is 2.30. The van der Waals surface area contributed by atoms with Crippen molar-refractivity contribution in [3.8, 4) is 22.5 Å². The van der Waals surface area contributed by atoms with Crippen LogP contribution in [0.25, 0.3) is 22.5 Å². The number of carbonyl (C=O) groups excluding carboxylic acids is 5. The number of hydrogen-bond donors (Lipinski definition) is 6. The summed E-state index contributed by atoms with van der Waals surface area (Å²) in [6.45, 7) is 8.50. The first-order chi connectivity index (χ1) is 27.8. The number of amides is 5. The number of anilines is 1. The molecule has 3 aromatic carbocycles. The Morgan fingerprint density at radius 3 is 2.29 bits per heavy atom. The second-order valence-corrected chi connectivity index (χ2v) is 16.2. The summed E-state index contributed by atoms with van der Waals surface area (Å²) in [5.74, 6) is -0.572. The van der Waals surface area contributed by atoms with Crippen LogP contribution in [-0.2, 0) is 25.5 Å². The molecule has 1 saturated heterocycles. The lowest BCUT2D eigenvalue weighted by Gasteiger charge is -2.29. The lowest BCUT2D eigenvalue weighted by molar-refractivity contribution is -0.130. The van der Waals surface area contributed by atoms with E-state index in [1.54, 1.807) is 30.3 Å². The van der Waals surface area contributed by atoms with Crippen LogP contribution >= 0.6 is 0 Å². The highest BCUT2D eigenvalue weighted by Gasteiger charge is 2.31. The molecular weight excluding hydrogens is 739 g/mol. The molecule has 2 atom stereocenters. The summed E-state index contributed by atoms with van der Waals surface area (Å²) in [7, 11) is 0. The van der Waals surface area contributed by atoms with Crippen molar-refractivity contribution in [2.24, 2.45) is 11.8 Å². The van der Waals surface area contributed by atoms with Crippen LogP contribution in [0.1, 0.15) is 87.2 Å². The lowest BCUT2D eigenvalue weighted by Crippen LogP contribution is -2.48. The molecule has 15 nitrogen and oxygen atoms in total. The van der Waals surface area contributed by atoms with E-state index in [9.17, 15) is 24.0 Å².